The van der Waals surface area contributed by atoms with Crippen molar-refractivity contribution in [3.05, 3.63) is 63.6 Å². The highest BCUT2D eigenvalue weighted by Gasteiger charge is 2.28. The number of benzene rings is 2. The third-order valence-electron chi connectivity index (χ3n) is 4.48. The Kier molecular flexibility index (Phi) is 8.15. The van der Waals surface area contributed by atoms with Gasteiger partial charge in [0.2, 0.25) is 11.8 Å². The van der Waals surface area contributed by atoms with Crippen molar-refractivity contribution in [1.29, 1.82) is 0 Å². The monoisotopic (exact) mass is 422 g/mol. The molecule has 2 aromatic rings. The summed E-state index contributed by atoms with van der Waals surface area (Å²) in [5.41, 5.74) is 1.54. The van der Waals surface area contributed by atoms with Gasteiger partial charge in [-0.05, 0) is 41.8 Å². The standard InChI is InChI=1S/C21H24Cl2N2O3/c1-4-19(21(27)24-2)25(13-14-6-5-7-17(10-14)28-3)20(26)11-15-8-9-16(22)12-18(15)23/h5-10,12,19H,4,11,13H2,1-3H3,(H,24,27)/t19-/m0/s1. The number of amides is 2. The summed E-state index contributed by atoms with van der Waals surface area (Å²) >= 11 is 12.2. The normalized spacial score (nSPS) is 11.6. The summed E-state index contributed by atoms with van der Waals surface area (Å²) in [5.74, 6) is 0.294. The van der Waals surface area contributed by atoms with Gasteiger partial charge in [0.25, 0.3) is 0 Å². The van der Waals surface area contributed by atoms with Crippen LogP contribution in [-0.4, -0.2) is 36.9 Å². The number of nitrogens with zero attached hydrogens (tertiary/aromatic N) is 1. The number of ether oxygens (including phenoxy) is 1. The second-order valence-electron chi connectivity index (χ2n) is 6.32. The first-order valence-electron chi connectivity index (χ1n) is 8.97. The van der Waals surface area contributed by atoms with Gasteiger partial charge in [0.1, 0.15) is 11.8 Å². The Morgan fingerprint density at radius 2 is 1.93 bits per heavy atom. The van der Waals surface area contributed by atoms with E-state index in [1.54, 1.807) is 37.3 Å². The number of carbonyl (C=O) groups is 2. The van der Waals surface area contributed by atoms with Gasteiger partial charge in [-0.25, -0.2) is 0 Å². The summed E-state index contributed by atoms with van der Waals surface area (Å²) in [6.07, 6.45) is 0.567. The number of carbonyl (C=O) groups excluding carboxylic acids is 2. The summed E-state index contributed by atoms with van der Waals surface area (Å²) in [6.45, 7) is 2.16. The quantitative estimate of drug-likeness (QED) is 0.696. The lowest BCUT2D eigenvalue weighted by Crippen LogP contribution is -2.48. The zero-order chi connectivity index (χ0) is 20.7. The molecule has 0 saturated heterocycles. The molecule has 2 rings (SSSR count). The van der Waals surface area contributed by atoms with Crippen LogP contribution in [0, 0.1) is 0 Å². The Bertz CT molecular complexity index is 842. The van der Waals surface area contributed by atoms with E-state index in [2.05, 4.69) is 5.32 Å². The highest BCUT2D eigenvalue weighted by Crippen LogP contribution is 2.23. The predicted octanol–water partition coefficient (Wildman–Crippen LogP) is 4.10. The number of halogens is 2. The van der Waals surface area contributed by atoms with Crippen molar-refractivity contribution in [2.45, 2.75) is 32.4 Å². The van der Waals surface area contributed by atoms with Crippen LogP contribution in [0.2, 0.25) is 10.0 Å². The van der Waals surface area contributed by atoms with Gasteiger partial charge in [-0.15, -0.1) is 0 Å². The lowest BCUT2D eigenvalue weighted by Gasteiger charge is -2.30. The first-order chi connectivity index (χ1) is 13.4. The van der Waals surface area contributed by atoms with Crippen LogP contribution in [0.1, 0.15) is 24.5 Å². The van der Waals surface area contributed by atoms with Crippen LogP contribution in [0.4, 0.5) is 0 Å². The highest BCUT2D eigenvalue weighted by atomic mass is 35.5. The van der Waals surface area contributed by atoms with Crippen molar-refractivity contribution < 1.29 is 14.3 Å². The fraction of sp³-hybridized carbons (Fsp3) is 0.333. The second-order valence-corrected chi connectivity index (χ2v) is 7.17. The number of likely N-dealkylation sites (N-methyl/N-ethyl adjacent to an activating group) is 1. The van der Waals surface area contributed by atoms with Crippen molar-refractivity contribution in [1.82, 2.24) is 10.2 Å². The maximum atomic E-state index is 13.2. The van der Waals surface area contributed by atoms with E-state index in [4.69, 9.17) is 27.9 Å². The molecular weight excluding hydrogens is 399 g/mol. The molecule has 0 saturated carbocycles. The Morgan fingerprint density at radius 1 is 1.18 bits per heavy atom. The van der Waals surface area contributed by atoms with Gasteiger partial charge in [0.15, 0.2) is 0 Å². The van der Waals surface area contributed by atoms with Gasteiger partial charge >= 0.3 is 0 Å². The number of rotatable bonds is 8. The zero-order valence-electron chi connectivity index (χ0n) is 16.2. The fourth-order valence-corrected chi connectivity index (χ4v) is 3.46. The summed E-state index contributed by atoms with van der Waals surface area (Å²) in [5, 5.41) is 3.57. The summed E-state index contributed by atoms with van der Waals surface area (Å²) in [7, 11) is 3.15. The topological polar surface area (TPSA) is 58.6 Å². The van der Waals surface area contributed by atoms with Gasteiger partial charge in [-0.1, -0.05) is 48.3 Å². The molecule has 7 heteroatoms. The van der Waals surface area contributed by atoms with E-state index in [0.29, 0.717) is 27.8 Å². The van der Waals surface area contributed by atoms with E-state index in [0.717, 1.165) is 5.56 Å². The smallest absolute Gasteiger partial charge is 0.242 e. The van der Waals surface area contributed by atoms with Crippen molar-refractivity contribution >= 4 is 35.0 Å². The van der Waals surface area contributed by atoms with Crippen molar-refractivity contribution in [3.63, 3.8) is 0 Å². The third kappa shape index (κ3) is 5.63. The number of hydrogen-bond donors (Lipinski definition) is 1. The third-order valence-corrected chi connectivity index (χ3v) is 5.06. The Morgan fingerprint density at radius 3 is 2.54 bits per heavy atom. The molecule has 2 amide bonds. The summed E-state index contributed by atoms with van der Waals surface area (Å²) in [4.78, 5) is 27.1. The van der Waals surface area contributed by atoms with Gasteiger partial charge in [0, 0.05) is 23.6 Å². The van der Waals surface area contributed by atoms with Gasteiger partial charge in [0.05, 0.1) is 13.5 Å². The number of hydrogen-bond acceptors (Lipinski definition) is 3. The van der Waals surface area contributed by atoms with Crippen LogP contribution in [0.3, 0.4) is 0 Å². The van der Waals surface area contributed by atoms with Crippen molar-refractivity contribution in [3.8, 4) is 5.75 Å². The van der Waals surface area contributed by atoms with Crippen LogP contribution in [0.15, 0.2) is 42.5 Å². The Labute approximate surface area is 175 Å². The molecule has 150 valence electrons. The molecule has 5 nitrogen and oxygen atoms in total. The number of methoxy groups -OCH3 is 1. The number of nitrogens with one attached hydrogen (secondary N) is 1. The van der Waals surface area contributed by atoms with E-state index >= 15 is 0 Å². The molecule has 0 aliphatic carbocycles. The average molecular weight is 423 g/mol. The first kappa shape index (κ1) is 22.1. The maximum Gasteiger partial charge on any atom is 0.242 e. The van der Waals surface area contributed by atoms with Crippen LogP contribution >= 0.6 is 23.2 Å². The largest absolute Gasteiger partial charge is 0.497 e. The van der Waals surface area contributed by atoms with E-state index in [1.165, 1.54) is 0 Å². The van der Waals surface area contributed by atoms with Gasteiger partial charge in [-0.2, -0.15) is 0 Å². The first-order valence-corrected chi connectivity index (χ1v) is 9.73. The lowest BCUT2D eigenvalue weighted by atomic mass is 10.1. The van der Waals surface area contributed by atoms with Crippen LogP contribution in [-0.2, 0) is 22.6 Å². The van der Waals surface area contributed by atoms with Crippen LogP contribution in [0.5, 0.6) is 5.75 Å². The molecule has 0 aromatic heterocycles. The maximum absolute atomic E-state index is 13.2. The molecule has 0 unspecified atom stereocenters. The van der Waals surface area contributed by atoms with Crippen LogP contribution in [0.25, 0.3) is 0 Å². The highest BCUT2D eigenvalue weighted by molar-refractivity contribution is 6.35. The minimum absolute atomic E-state index is 0.0769. The summed E-state index contributed by atoms with van der Waals surface area (Å²) in [6, 6.07) is 11.9. The average Bonchev–Trinajstić information content (AvgIpc) is 2.69. The summed E-state index contributed by atoms with van der Waals surface area (Å²) < 4.78 is 5.26. The van der Waals surface area contributed by atoms with Crippen LogP contribution < -0.4 is 10.1 Å². The minimum Gasteiger partial charge on any atom is -0.497 e. The molecule has 0 fully saturated rings. The molecule has 0 aliphatic rings. The molecule has 0 spiro atoms. The predicted molar refractivity (Wildman–Crippen MR) is 112 cm³/mol. The molecule has 1 atom stereocenters. The van der Waals surface area contributed by atoms with E-state index in [9.17, 15) is 9.59 Å². The van der Waals surface area contributed by atoms with E-state index in [-0.39, 0.29) is 24.8 Å². The van der Waals surface area contributed by atoms with Crippen molar-refractivity contribution in [2.75, 3.05) is 14.2 Å². The molecule has 1 N–H and O–H groups in total. The minimum atomic E-state index is -0.588. The molecule has 28 heavy (non-hydrogen) atoms. The zero-order valence-corrected chi connectivity index (χ0v) is 17.7. The van der Waals surface area contributed by atoms with Gasteiger partial charge in [-0.3, -0.25) is 9.59 Å². The molecule has 2 aromatic carbocycles. The molecule has 0 aliphatic heterocycles. The fourth-order valence-electron chi connectivity index (χ4n) is 2.98. The van der Waals surface area contributed by atoms with Crippen molar-refractivity contribution in [2.24, 2.45) is 0 Å². The van der Waals surface area contributed by atoms with E-state index in [1.807, 2.05) is 31.2 Å². The SMILES string of the molecule is CC[C@@H](C(=O)NC)N(Cc1cccc(OC)c1)C(=O)Cc1ccc(Cl)cc1Cl. The Hall–Kier alpha value is -2.24. The van der Waals surface area contributed by atoms with E-state index < -0.39 is 6.04 Å². The molecule has 0 bridgehead atoms. The molecular formula is C21H24Cl2N2O3. The second kappa shape index (κ2) is 10.3. The lowest BCUT2D eigenvalue weighted by molar-refractivity contribution is -0.140. The Balaban J connectivity index is 2.32. The molecule has 0 heterocycles. The molecule has 0 radical (unpaired) electrons. The van der Waals surface area contributed by atoms with Gasteiger partial charge < -0.3 is 15.0 Å².